The van der Waals surface area contributed by atoms with Crippen LogP contribution in [0.1, 0.15) is 25.0 Å². The van der Waals surface area contributed by atoms with E-state index < -0.39 is 0 Å². The molecule has 0 amide bonds. The summed E-state index contributed by atoms with van der Waals surface area (Å²) in [5.74, 6) is 0.798. The van der Waals surface area contributed by atoms with Crippen molar-refractivity contribution >= 4 is 11.6 Å². The van der Waals surface area contributed by atoms with Gasteiger partial charge in [0.15, 0.2) is 0 Å². The standard InChI is InChI=1S/C23H22ClFO2/c1-23(2,18-9-11-19(24)12-10-18)16-26-15-17-5-3-7-21(13-17)27-22-8-4-6-20(25)14-22/h3-14H,15-16H2,1-2H3. The predicted molar refractivity (Wildman–Crippen MR) is 107 cm³/mol. The van der Waals surface area contributed by atoms with Crippen LogP contribution in [0.3, 0.4) is 0 Å². The fourth-order valence-electron chi connectivity index (χ4n) is 2.77. The van der Waals surface area contributed by atoms with Crippen molar-refractivity contribution in [1.29, 1.82) is 0 Å². The molecule has 140 valence electrons. The van der Waals surface area contributed by atoms with Crippen LogP contribution in [0.5, 0.6) is 11.5 Å². The summed E-state index contributed by atoms with van der Waals surface area (Å²) in [7, 11) is 0. The van der Waals surface area contributed by atoms with E-state index in [1.807, 2.05) is 48.5 Å². The lowest BCUT2D eigenvalue weighted by Crippen LogP contribution is -2.24. The molecule has 0 fully saturated rings. The lowest BCUT2D eigenvalue weighted by molar-refractivity contribution is 0.0824. The molecule has 3 aromatic rings. The van der Waals surface area contributed by atoms with E-state index in [-0.39, 0.29) is 11.2 Å². The van der Waals surface area contributed by atoms with Crippen molar-refractivity contribution in [3.05, 3.63) is 94.8 Å². The molecule has 0 N–H and O–H groups in total. The van der Waals surface area contributed by atoms with Crippen LogP contribution in [-0.4, -0.2) is 6.61 Å². The van der Waals surface area contributed by atoms with Crippen LogP contribution in [0.2, 0.25) is 5.02 Å². The van der Waals surface area contributed by atoms with Crippen LogP contribution < -0.4 is 4.74 Å². The summed E-state index contributed by atoms with van der Waals surface area (Å²) >= 11 is 5.96. The third kappa shape index (κ3) is 5.56. The molecule has 0 unspecified atom stereocenters. The summed E-state index contributed by atoms with van der Waals surface area (Å²) in [5.41, 5.74) is 2.05. The lowest BCUT2D eigenvalue weighted by atomic mass is 9.86. The highest BCUT2D eigenvalue weighted by Crippen LogP contribution is 2.26. The fourth-order valence-corrected chi connectivity index (χ4v) is 2.90. The van der Waals surface area contributed by atoms with E-state index in [1.165, 1.54) is 17.7 Å². The van der Waals surface area contributed by atoms with Gasteiger partial charge < -0.3 is 9.47 Å². The molecule has 3 rings (SSSR count). The van der Waals surface area contributed by atoms with E-state index in [0.717, 1.165) is 10.6 Å². The molecule has 0 aliphatic carbocycles. The minimum atomic E-state index is -0.323. The Morgan fingerprint density at radius 1 is 0.889 bits per heavy atom. The second kappa shape index (κ2) is 8.55. The monoisotopic (exact) mass is 384 g/mol. The minimum absolute atomic E-state index is 0.125. The second-order valence-corrected chi connectivity index (χ2v) is 7.53. The molecule has 0 saturated heterocycles. The summed E-state index contributed by atoms with van der Waals surface area (Å²) < 4.78 is 24.9. The van der Waals surface area contributed by atoms with Crippen molar-refractivity contribution in [2.45, 2.75) is 25.9 Å². The van der Waals surface area contributed by atoms with Gasteiger partial charge in [-0.05, 0) is 47.5 Å². The van der Waals surface area contributed by atoms with Crippen molar-refractivity contribution in [1.82, 2.24) is 0 Å². The molecular formula is C23H22ClFO2. The summed E-state index contributed by atoms with van der Waals surface area (Å²) in [5, 5.41) is 0.727. The number of rotatable bonds is 7. The van der Waals surface area contributed by atoms with Crippen LogP contribution in [0, 0.1) is 5.82 Å². The number of ether oxygens (including phenoxy) is 2. The molecule has 0 saturated carbocycles. The van der Waals surface area contributed by atoms with E-state index in [2.05, 4.69) is 13.8 Å². The predicted octanol–water partition coefficient (Wildman–Crippen LogP) is 6.77. The second-order valence-electron chi connectivity index (χ2n) is 7.09. The number of benzene rings is 3. The Morgan fingerprint density at radius 2 is 1.56 bits per heavy atom. The van der Waals surface area contributed by atoms with Gasteiger partial charge in [0.2, 0.25) is 0 Å². The molecule has 0 heterocycles. The quantitative estimate of drug-likeness (QED) is 0.447. The molecule has 0 aliphatic rings. The van der Waals surface area contributed by atoms with Crippen LogP contribution in [0.25, 0.3) is 0 Å². The summed E-state index contributed by atoms with van der Waals surface area (Å²) in [6, 6.07) is 21.6. The van der Waals surface area contributed by atoms with E-state index in [4.69, 9.17) is 21.1 Å². The maximum atomic E-state index is 13.3. The molecule has 0 bridgehead atoms. The molecule has 3 aromatic carbocycles. The normalized spacial score (nSPS) is 11.4. The highest BCUT2D eigenvalue weighted by atomic mass is 35.5. The van der Waals surface area contributed by atoms with Crippen molar-refractivity contribution in [3.63, 3.8) is 0 Å². The molecule has 0 aliphatic heterocycles. The molecule has 27 heavy (non-hydrogen) atoms. The van der Waals surface area contributed by atoms with Crippen molar-refractivity contribution in [3.8, 4) is 11.5 Å². The largest absolute Gasteiger partial charge is 0.457 e. The number of hydrogen-bond donors (Lipinski definition) is 0. The van der Waals surface area contributed by atoms with Gasteiger partial charge in [0.25, 0.3) is 0 Å². The van der Waals surface area contributed by atoms with E-state index in [0.29, 0.717) is 24.7 Å². The van der Waals surface area contributed by atoms with E-state index in [1.54, 1.807) is 12.1 Å². The molecule has 0 radical (unpaired) electrons. The van der Waals surface area contributed by atoms with E-state index >= 15 is 0 Å². The van der Waals surface area contributed by atoms with Crippen LogP contribution in [-0.2, 0) is 16.8 Å². The summed E-state index contributed by atoms with van der Waals surface area (Å²) in [6.45, 7) is 5.32. The SMILES string of the molecule is CC(C)(COCc1cccc(Oc2cccc(F)c2)c1)c1ccc(Cl)cc1. The Morgan fingerprint density at radius 3 is 2.26 bits per heavy atom. The van der Waals surface area contributed by atoms with Crippen LogP contribution >= 0.6 is 11.6 Å². The Hall–Kier alpha value is -2.36. The molecule has 2 nitrogen and oxygen atoms in total. The highest BCUT2D eigenvalue weighted by molar-refractivity contribution is 6.30. The van der Waals surface area contributed by atoms with Crippen LogP contribution in [0.4, 0.5) is 4.39 Å². The Balaban J connectivity index is 1.59. The topological polar surface area (TPSA) is 18.5 Å². The summed E-state index contributed by atoms with van der Waals surface area (Å²) in [6.07, 6.45) is 0. The Bertz CT molecular complexity index is 891. The average molecular weight is 385 g/mol. The van der Waals surface area contributed by atoms with Gasteiger partial charge in [-0.1, -0.05) is 55.8 Å². The third-order valence-corrected chi connectivity index (χ3v) is 4.54. The zero-order valence-corrected chi connectivity index (χ0v) is 16.2. The van der Waals surface area contributed by atoms with Gasteiger partial charge in [-0.15, -0.1) is 0 Å². The molecule has 0 aromatic heterocycles. The van der Waals surface area contributed by atoms with Crippen molar-refractivity contribution in [2.24, 2.45) is 0 Å². The van der Waals surface area contributed by atoms with Gasteiger partial charge in [0, 0.05) is 16.5 Å². The van der Waals surface area contributed by atoms with Crippen molar-refractivity contribution < 1.29 is 13.9 Å². The fraction of sp³-hybridized carbons (Fsp3) is 0.217. The number of hydrogen-bond acceptors (Lipinski definition) is 2. The Kier molecular flexibility index (Phi) is 6.15. The van der Waals surface area contributed by atoms with Gasteiger partial charge in [-0.2, -0.15) is 0 Å². The first-order valence-electron chi connectivity index (χ1n) is 8.78. The zero-order valence-electron chi connectivity index (χ0n) is 15.4. The van der Waals surface area contributed by atoms with Gasteiger partial charge >= 0.3 is 0 Å². The van der Waals surface area contributed by atoms with Crippen LogP contribution in [0.15, 0.2) is 72.8 Å². The third-order valence-electron chi connectivity index (χ3n) is 4.29. The molecule has 4 heteroatoms. The van der Waals surface area contributed by atoms with Crippen molar-refractivity contribution in [2.75, 3.05) is 6.61 Å². The highest BCUT2D eigenvalue weighted by Gasteiger charge is 2.20. The van der Waals surface area contributed by atoms with Gasteiger partial charge in [-0.25, -0.2) is 4.39 Å². The number of halogens is 2. The minimum Gasteiger partial charge on any atom is -0.457 e. The molecule has 0 atom stereocenters. The zero-order chi connectivity index (χ0) is 19.3. The Labute approximate surface area is 164 Å². The van der Waals surface area contributed by atoms with E-state index in [9.17, 15) is 4.39 Å². The maximum Gasteiger partial charge on any atom is 0.130 e. The smallest absolute Gasteiger partial charge is 0.130 e. The first-order valence-corrected chi connectivity index (χ1v) is 9.16. The molecular weight excluding hydrogens is 363 g/mol. The van der Waals surface area contributed by atoms with Gasteiger partial charge in [-0.3, -0.25) is 0 Å². The first-order chi connectivity index (χ1) is 12.9. The van der Waals surface area contributed by atoms with Gasteiger partial charge in [0.1, 0.15) is 17.3 Å². The first kappa shape index (κ1) is 19.4. The lowest BCUT2D eigenvalue weighted by Gasteiger charge is -2.25. The molecule has 0 spiro atoms. The average Bonchev–Trinajstić information content (AvgIpc) is 2.62. The maximum absolute atomic E-state index is 13.3. The summed E-state index contributed by atoms with van der Waals surface area (Å²) in [4.78, 5) is 0. The van der Waals surface area contributed by atoms with Gasteiger partial charge in [0.05, 0.1) is 13.2 Å².